The first-order valence-electron chi connectivity index (χ1n) is 7.87. The highest BCUT2D eigenvalue weighted by atomic mass is 16.3. The summed E-state index contributed by atoms with van der Waals surface area (Å²) < 4.78 is 0. The zero-order valence-corrected chi connectivity index (χ0v) is 13.8. The van der Waals surface area contributed by atoms with E-state index < -0.39 is 5.60 Å². The molecular formula is C19H21N3O. The Morgan fingerprint density at radius 3 is 2.52 bits per heavy atom. The third-order valence-electron chi connectivity index (χ3n) is 4.95. The molecule has 1 fully saturated rings. The zero-order chi connectivity index (χ0) is 16.6. The molecule has 0 aliphatic carbocycles. The summed E-state index contributed by atoms with van der Waals surface area (Å²) in [4.78, 5) is 6.67. The Balaban J connectivity index is 1.98. The molecule has 0 amide bonds. The minimum Gasteiger partial charge on any atom is -0.383 e. The number of hydrogen-bond donors (Lipinski definition) is 1. The van der Waals surface area contributed by atoms with Crippen molar-refractivity contribution in [3.63, 3.8) is 0 Å². The van der Waals surface area contributed by atoms with E-state index >= 15 is 0 Å². The Bertz CT molecular complexity index is 779. The van der Waals surface area contributed by atoms with Crippen molar-refractivity contribution < 1.29 is 5.11 Å². The smallest absolute Gasteiger partial charge is 0.147 e. The van der Waals surface area contributed by atoms with Crippen LogP contribution in [0.3, 0.4) is 0 Å². The van der Waals surface area contributed by atoms with Gasteiger partial charge in [-0.1, -0.05) is 30.3 Å². The second-order valence-electron chi connectivity index (χ2n) is 6.33. The minimum atomic E-state index is -0.887. The maximum Gasteiger partial charge on any atom is 0.147 e. The van der Waals surface area contributed by atoms with E-state index in [-0.39, 0.29) is 0 Å². The molecule has 1 aromatic heterocycles. The van der Waals surface area contributed by atoms with Gasteiger partial charge in [-0.15, -0.1) is 0 Å². The number of aryl methyl sites for hydroxylation is 1. The molecule has 0 bridgehead atoms. The quantitative estimate of drug-likeness (QED) is 0.926. The summed E-state index contributed by atoms with van der Waals surface area (Å²) in [5.41, 5.74) is 3.62. The second-order valence-corrected chi connectivity index (χ2v) is 6.33. The van der Waals surface area contributed by atoms with Crippen molar-refractivity contribution in [3.05, 3.63) is 58.3 Å². The van der Waals surface area contributed by atoms with E-state index in [0.717, 1.165) is 22.4 Å². The summed E-state index contributed by atoms with van der Waals surface area (Å²) in [5.74, 6) is 0.694. The normalized spacial score (nSPS) is 20.6. The highest BCUT2D eigenvalue weighted by Crippen LogP contribution is 2.36. The molecule has 1 aromatic carbocycles. The number of aromatic nitrogens is 1. The summed E-state index contributed by atoms with van der Waals surface area (Å²) in [6, 6.07) is 12.0. The van der Waals surface area contributed by atoms with Crippen LogP contribution in [0.15, 0.2) is 30.3 Å². The van der Waals surface area contributed by atoms with Gasteiger partial charge in [-0.3, -0.25) is 0 Å². The maximum absolute atomic E-state index is 11.0. The van der Waals surface area contributed by atoms with Gasteiger partial charge in [0.25, 0.3) is 0 Å². The largest absolute Gasteiger partial charge is 0.383 e. The third-order valence-corrected chi connectivity index (χ3v) is 4.95. The number of aliphatic hydroxyl groups is 1. The monoisotopic (exact) mass is 307 g/mol. The lowest BCUT2D eigenvalue weighted by molar-refractivity contribution is 0.0606. The van der Waals surface area contributed by atoms with E-state index in [2.05, 4.69) is 11.1 Å². The van der Waals surface area contributed by atoms with Gasteiger partial charge in [-0.2, -0.15) is 5.26 Å². The van der Waals surface area contributed by atoms with E-state index in [1.54, 1.807) is 0 Å². The summed E-state index contributed by atoms with van der Waals surface area (Å²) >= 11 is 0. The Morgan fingerprint density at radius 1 is 1.17 bits per heavy atom. The van der Waals surface area contributed by atoms with Crippen LogP contribution in [0.2, 0.25) is 0 Å². The minimum absolute atomic E-state index is 0.459. The first kappa shape index (κ1) is 15.5. The Hall–Kier alpha value is -2.38. The van der Waals surface area contributed by atoms with Crippen molar-refractivity contribution in [3.8, 4) is 6.07 Å². The van der Waals surface area contributed by atoms with Gasteiger partial charge in [-0.25, -0.2) is 4.98 Å². The van der Waals surface area contributed by atoms with Crippen LogP contribution in [-0.2, 0) is 5.60 Å². The fourth-order valence-corrected chi connectivity index (χ4v) is 3.25. The van der Waals surface area contributed by atoms with Gasteiger partial charge in [0, 0.05) is 12.2 Å². The van der Waals surface area contributed by atoms with Gasteiger partial charge in [0.2, 0.25) is 0 Å². The van der Waals surface area contributed by atoms with Crippen LogP contribution in [0, 0.1) is 32.1 Å². The van der Waals surface area contributed by atoms with Crippen molar-refractivity contribution in [2.24, 2.45) is 0 Å². The number of anilines is 1. The summed E-state index contributed by atoms with van der Waals surface area (Å²) in [6.45, 7) is 7.07. The lowest BCUT2D eigenvalue weighted by Gasteiger charge is -2.25. The molecule has 1 aliphatic heterocycles. The number of rotatable bonds is 2. The predicted molar refractivity (Wildman–Crippen MR) is 90.3 cm³/mol. The molecular weight excluding hydrogens is 286 g/mol. The van der Waals surface area contributed by atoms with Crippen molar-refractivity contribution in [1.29, 1.82) is 5.26 Å². The molecule has 118 valence electrons. The topological polar surface area (TPSA) is 60.1 Å². The van der Waals surface area contributed by atoms with E-state index in [4.69, 9.17) is 0 Å². The van der Waals surface area contributed by atoms with Crippen molar-refractivity contribution in [2.45, 2.75) is 32.8 Å². The number of hydrogen-bond acceptors (Lipinski definition) is 4. The van der Waals surface area contributed by atoms with E-state index in [1.807, 2.05) is 56.0 Å². The van der Waals surface area contributed by atoms with Crippen LogP contribution in [0.1, 0.15) is 34.4 Å². The van der Waals surface area contributed by atoms with Crippen molar-refractivity contribution in [2.75, 3.05) is 18.0 Å². The predicted octanol–water partition coefficient (Wildman–Crippen LogP) is 2.98. The van der Waals surface area contributed by atoms with Crippen LogP contribution in [0.25, 0.3) is 0 Å². The first-order chi connectivity index (χ1) is 11.0. The third kappa shape index (κ3) is 2.58. The summed E-state index contributed by atoms with van der Waals surface area (Å²) in [7, 11) is 0. The molecule has 2 aromatic rings. The molecule has 1 saturated heterocycles. The van der Waals surface area contributed by atoms with Crippen molar-refractivity contribution >= 4 is 5.82 Å². The lowest BCUT2D eigenvalue weighted by atomic mass is 9.93. The lowest BCUT2D eigenvalue weighted by Crippen LogP contribution is -2.31. The van der Waals surface area contributed by atoms with Gasteiger partial charge in [-0.05, 0) is 43.9 Å². The fraction of sp³-hybridized carbons (Fsp3) is 0.368. The standard InChI is InChI=1S/C19H21N3O/c1-13-14(2)17(11-20)18(21-15(13)3)22-10-9-19(23,12-22)16-7-5-4-6-8-16/h4-8,23H,9-10,12H2,1-3H3. The summed E-state index contributed by atoms with van der Waals surface area (Å²) in [6.07, 6.45) is 0.634. The molecule has 1 aliphatic rings. The number of benzene rings is 1. The summed E-state index contributed by atoms with van der Waals surface area (Å²) in [5, 5.41) is 20.5. The highest BCUT2D eigenvalue weighted by molar-refractivity contribution is 5.61. The second kappa shape index (κ2) is 5.68. The first-order valence-corrected chi connectivity index (χ1v) is 7.87. The highest BCUT2D eigenvalue weighted by Gasteiger charge is 2.39. The molecule has 0 saturated carbocycles. The van der Waals surface area contributed by atoms with Gasteiger partial charge in [0.15, 0.2) is 0 Å². The molecule has 0 radical (unpaired) electrons. The number of pyridine rings is 1. The maximum atomic E-state index is 11.0. The number of β-amino-alcohol motifs (C(OH)–C–C–N with tert-alkyl or cyclic N) is 1. The number of nitrogens with zero attached hydrogens (tertiary/aromatic N) is 3. The SMILES string of the molecule is Cc1nc(N2CCC(O)(c3ccccc3)C2)c(C#N)c(C)c1C. The molecule has 1 unspecified atom stereocenters. The van der Waals surface area contributed by atoms with Crippen LogP contribution in [0.4, 0.5) is 5.82 Å². The molecule has 0 spiro atoms. The van der Waals surface area contributed by atoms with Crippen molar-refractivity contribution in [1.82, 2.24) is 4.98 Å². The van der Waals surface area contributed by atoms with E-state index in [9.17, 15) is 10.4 Å². The Kier molecular flexibility index (Phi) is 3.83. The van der Waals surface area contributed by atoms with Crippen LogP contribution < -0.4 is 4.90 Å². The number of nitriles is 1. The van der Waals surface area contributed by atoms with Crippen LogP contribution in [0.5, 0.6) is 0 Å². The average molecular weight is 307 g/mol. The van der Waals surface area contributed by atoms with Gasteiger partial charge in [0.1, 0.15) is 17.5 Å². The molecule has 4 nitrogen and oxygen atoms in total. The van der Waals surface area contributed by atoms with Gasteiger partial charge in [0.05, 0.1) is 12.1 Å². The van der Waals surface area contributed by atoms with E-state index in [0.29, 0.717) is 30.9 Å². The molecule has 1 N–H and O–H groups in total. The zero-order valence-electron chi connectivity index (χ0n) is 13.8. The molecule has 1 atom stereocenters. The van der Waals surface area contributed by atoms with Gasteiger partial charge < -0.3 is 10.0 Å². The molecule has 23 heavy (non-hydrogen) atoms. The van der Waals surface area contributed by atoms with Crippen LogP contribution >= 0.6 is 0 Å². The van der Waals surface area contributed by atoms with Crippen LogP contribution in [-0.4, -0.2) is 23.2 Å². The Labute approximate surface area is 137 Å². The molecule has 3 rings (SSSR count). The molecule has 2 heterocycles. The van der Waals surface area contributed by atoms with E-state index in [1.165, 1.54) is 0 Å². The van der Waals surface area contributed by atoms with Gasteiger partial charge >= 0.3 is 0 Å². The Morgan fingerprint density at radius 2 is 1.87 bits per heavy atom. The average Bonchev–Trinajstić information content (AvgIpc) is 2.97. The molecule has 4 heteroatoms. The fourth-order valence-electron chi connectivity index (χ4n) is 3.25.